The van der Waals surface area contributed by atoms with E-state index in [1.807, 2.05) is 18.2 Å². The van der Waals surface area contributed by atoms with Crippen LogP contribution in [-0.4, -0.2) is 11.0 Å². The second-order valence-electron chi connectivity index (χ2n) is 3.91. The molecule has 0 aliphatic heterocycles. The molecular weight excluding hydrogens is 294 g/mol. The van der Waals surface area contributed by atoms with Gasteiger partial charge in [0.2, 0.25) is 0 Å². The maximum Gasteiger partial charge on any atom is 0.256 e. The van der Waals surface area contributed by atoms with E-state index in [1.165, 1.54) is 0 Å². The topological polar surface area (TPSA) is 49.3 Å². The fourth-order valence-electron chi connectivity index (χ4n) is 1.63. The Kier molecular flexibility index (Phi) is 3.67. The van der Waals surface area contributed by atoms with Gasteiger partial charge in [0.05, 0.1) is 0 Å². The quantitative estimate of drug-likeness (QED) is 0.888. The summed E-state index contributed by atoms with van der Waals surface area (Å²) >= 11 is 3.34. The van der Waals surface area contributed by atoms with Crippen LogP contribution in [0.15, 0.2) is 46.9 Å². The summed E-state index contributed by atoms with van der Waals surface area (Å²) in [5.41, 5.74) is 1.75. The van der Waals surface area contributed by atoms with Gasteiger partial charge < -0.3 is 10.4 Å². The molecule has 92 valence electrons. The molecule has 0 saturated heterocycles. The molecule has 2 rings (SSSR count). The zero-order chi connectivity index (χ0) is 13.1. The van der Waals surface area contributed by atoms with Crippen molar-refractivity contribution in [2.24, 2.45) is 0 Å². The van der Waals surface area contributed by atoms with Gasteiger partial charge in [-0.1, -0.05) is 28.1 Å². The Bertz CT molecular complexity index is 596. The minimum absolute atomic E-state index is 0.122. The molecule has 0 heterocycles. The lowest BCUT2D eigenvalue weighted by molar-refractivity contribution is 0.102. The third kappa shape index (κ3) is 2.71. The van der Waals surface area contributed by atoms with Gasteiger partial charge in [0.25, 0.3) is 5.91 Å². The molecule has 2 N–H and O–H groups in total. The van der Waals surface area contributed by atoms with Gasteiger partial charge in [0.15, 0.2) is 0 Å². The van der Waals surface area contributed by atoms with Crippen molar-refractivity contribution in [3.8, 4) is 5.75 Å². The van der Waals surface area contributed by atoms with Crippen molar-refractivity contribution in [1.29, 1.82) is 0 Å². The van der Waals surface area contributed by atoms with E-state index >= 15 is 0 Å². The van der Waals surface area contributed by atoms with Crippen LogP contribution in [-0.2, 0) is 0 Å². The fourth-order valence-corrected chi connectivity index (χ4v) is 2.03. The maximum absolute atomic E-state index is 12.1. The van der Waals surface area contributed by atoms with Gasteiger partial charge >= 0.3 is 0 Å². The lowest BCUT2D eigenvalue weighted by Gasteiger charge is -2.08. The number of anilines is 1. The number of carbonyl (C=O) groups is 1. The van der Waals surface area contributed by atoms with Crippen molar-refractivity contribution in [3.05, 3.63) is 58.1 Å². The number of amides is 1. The van der Waals surface area contributed by atoms with Crippen molar-refractivity contribution < 1.29 is 9.90 Å². The van der Waals surface area contributed by atoms with Crippen molar-refractivity contribution in [1.82, 2.24) is 0 Å². The molecule has 0 unspecified atom stereocenters. The first kappa shape index (κ1) is 12.6. The fraction of sp³-hybridized carbons (Fsp3) is 0.0714. The van der Waals surface area contributed by atoms with Gasteiger partial charge in [-0.2, -0.15) is 0 Å². The van der Waals surface area contributed by atoms with Crippen LogP contribution >= 0.6 is 15.9 Å². The van der Waals surface area contributed by atoms with Crippen LogP contribution in [0.5, 0.6) is 5.75 Å². The third-order valence-corrected chi connectivity index (χ3v) is 3.13. The Morgan fingerprint density at radius 3 is 2.67 bits per heavy atom. The summed E-state index contributed by atoms with van der Waals surface area (Å²) < 4.78 is 0.896. The zero-order valence-electron chi connectivity index (χ0n) is 9.77. The number of halogens is 1. The van der Waals surface area contributed by atoms with Crippen LogP contribution in [0.3, 0.4) is 0 Å². The van der Waals surface area contributed by atoms with Crippen LogP contribution < -0.4 is 5.32 Å². The van der Waals surface area contributed by atoms with E-state index in [0.29, 0.717) is 16.8 Å². The van der Waals surface area contributed by atoms with Gasteiger partial charge in [-0.25, -0.2) is 0 Å². The number of phenols is 1. The van der Waals surface area contributed by atoms with E-state index in [4.69, 9.17) is 0 Å². The molecule has 0 saturated carbocycles. The molecule has 0 radical (unpaired) electrons. The highest BCUT2D eigenvalue weighted by molar-refractivity contribution is 9.10. The average Bonchev–Trinajstić information content (AvgIpc) is 2.32. The lowest BCUT2D eigenvalue weighted by Crippen LogP contribution is -2.13. The summed E-state index contributed by atoms with van der Waals surface area (Å²) in [6.07, 6.45) is 0. The average molecular weight is 306 g/mol. The van der Waals surface area contributed by atoms with E-state index in [-0.39, 0.29) is 11.7 Å². The molecule has 0 aliphatic carbocycles. The highest BCUT2D eigenvalue weighted by atomic mass is 79.9. The molecule has 18 heavy (non-hydrogen) atoms. The van der Waals surface area contributed by atoms with Crippen molar-refractivity contribution in [2.75, 3.05) is 5.32 Å². The SMILES string of the molecule is Cc1c(O)cccc1C(=O)Nc1cccc(Br)c1. The van der Waals surface area contributed by atoms with E-state index in [9.17, 15) is 9.90 Å². The second kappa shape index (κ2) is 5.23. The number of phenolic OH excluding ortho intramolecular Hbond substituents is 1. The van der Waals surface area contributed by atoms with Gasteiger partial charge in [-0.05, 0) is 37.3 Å². The molecule has 0 bridgehead atoms. The van der Waals surface area contributed by atoms with Crippen LogP contribution in [0, 0.1) is 6.92 Å². The number of aromatic hydroxyl groups is 1. The van der Waals surface area contributed by atoms with E-state index in [0.717, 1.165) is 4.47 Å². The number of rotatable bonds is 2. The first-order valence-corrected chi connectivity index (χ1v) is 6.23. The molecular formula is C14H12BrNO2. The zero-order valence-corrected chi connectivity index (χ0v) is 11.4. The molecule has 0 atom stereocenters. The predicted molar refractivity (Wildman–Crippen MR) is 74.9 cm³/mol. The summed E-state index contributed by atoms with van der Waals surface area (Å²) in [5.74, 6) is -0.113. The minimum atomic E-state index is -0.235. The van der Waals surface area contributed by atoms with Crippen LogP contribution in [0.25, 0.3) is 0 Å². The van der Waals surface area contributed by atoms with Gasteiger partial charge in [0.1, 0.15) is 5.75 Å². The molecule has 0 aliphatic rings. The van der Waals surface area contributed by atoms with Crippen LogP contribution in [0.1, 0.15) is 15.9 Å². The first-order valence-electron chi connectivity index (χ1n) is 5.43. The summed E-state index contributed by atoms with van der Waals surface area (Å²) in [4.78, 5) is 12.1. The highest BCUT2D eigenvalue weighted by Gasteiger charge is 2.11. The number of nitrogens with one attached hydrogen (secondary N) is 1. The molecule has 0 fully saturated rings. The van der Waals surface area contributed by atoms with Gasteiger partial charge in [-0.3, -0.25) is 4.79 Å². The Morgan fingerprint density at radius 1 is 1.22 bits per heavy atom. The Hall–Kier alpha value is -1.81. The number of hydrogen-bond acceptors (Lipinski definition) is 2. The summed E-state index contributed by atoms with van der Waals surface area (Å²) in [7, 11) is 0. The molecule has 0 spiro atoms. The molecule has 0 aromatic heterocycles. The first-order chi connectivity index (χ1) is 8.58. The molecule has 2 aromatic carbocycles. The third-order valence-electron chi connectivity index (χ3n) is 2.63. The monoisotopic (exact) mass is 305 g/mol. The van der Waals surface area contributed by atoms with Crippen LogP contribution in [0.4, 0.5) is 5.69 Å². The minimum Gasteiger partial charge on any atom is -0.508 e. The Labute approximate surface area is 114 Å². The van der Waals surface area contributed by atoms with Gasteiger partial charge in [-0.15, -0.1) is 0 Å². The van der Waals surface area contributed by atoms with Crippen LogP contribution in [0.2, 0.25) is 0 Å². The summed E-state index contributed by atoms with van der Waals surface area (Å²) in [5, 5.41) is 12.4. The maximum atomic E-state index is 12.1. The number of benzene rings is 2. The molecule has 4 heteroatoms. The van der Waals surface area contributed by atoms with Crippen molar-refractivity contribution >= 4 is 27.5 Å². The standard InChI is InChI=1S/C14H12BrNO2/c1-9-12(6-3-7-13(9)17)14(18)16-11-5-2-4-10(15)8-11/h2-8,17H,1H3,(H,16,18). The van der Waals surface area contributed by atoms with Crippen molar-refractivity contribution in [2.45, 2.75) is 6.92 Å². The summed E-state index contributed by atoms with van der Waals surface area (Å²) in [6, 6.07) is 12.2. The number of carbonyl (C=O) groups excluding carboxylic acids is 1. The second-order valence-corrected chi connectivity index (χ2v) is 4.83. The Morgan fingerprint density at radius 2 is 1.94 bits per heavy atom. The highest BCUT2D eigenvalue weighted by Crippen LogP contribution is 2.21. The summed E-state index contributed by atoms with van der Waals surface area (Å²) in [6.45, 7) is 1.71. The molecule has 3 nitrogen and oxygen atoms in total. The van der Waals surface area contributed by atoms with Crippen molar-refractivity contribution in [3.63, 3.8) is 0 Å². The molecule has 2 aromatic rings. The van der Waals surface area contributed by atoms with E-state index in [1.54, 1.807) is 31.2 Å². The van der Waals surface area contributed by atoms with E-state index in [2.05, 4.69) is 21.2 Å². The Balaban J connectivity index is 2.25. The normalized spacial score (nSPS) is 10.1. The predicted octanol–water partition coefficient (Wildman–Crippen LogP) is 3.72. The van der Waals surface area contributed by atoms with E-state index < -0.39 is 0 Å². The molecule has 1 amide bonds. The van der Waals surface area contributed by atoms with Gasteiger partial charge in [0, 0.05) is 21.3 Å². The smallest absolute Gasteiger partial charge is 0.256 e. The number of hydrogen-bond donors (Lipinski definition) is 2. The largest absolute Gasteiger partial charge is 0.508 e. The lowest BCUT2D eigenvalue weighted by atomic mass is 10.1.